The number of rotatable bonds is 8. The molecule has 12 heteroatoms. The third-order valence-electron chi connectivity index (χ3n) is 4.21. The van der Waals surface area contributed by atoms with Gasteiger partial charge in [-0.1, -0.05) is 35.5 Å². The Hall–Kier alpha value is -1.53. The van der Waals surface area contributed by atoms with Crippen LogP contribution >= 0.6 is 23.4 Å². The first-order chi connectivity index (χ1) is 13.5. The molecular weight excluding hydrogens is 410 g/mol. The van der Waals surface area contributed by atoms with E-state index in [4.69, 9.17) is 30.5 Å². The first-order valence-electron chi connectivity index (χ1n) is 8.75. The maximum atomic E-state index is 11.7. The molecule has 1 fully saturated rings. The van der Waals surface area contributed by atoms with Crippen LogP contribution in [0.2, 0.25) is 5.15 Å². The van der Waals surface area contributed by atoms with Crippen molar-refractivity contribution in [2.24, 2.45) is 0 Å². The van der Waals surface area contributed by atoms with Crippen molar-refractivity contribution < 1.29 is 23.7 Å². The number of hydrogen-bond donors (Lipinski definition) is 0. The van der Waals surface area contributed by atoms with Crippen LogP contribution in [-0.4, -0.2) is 76.0 Å². The van der Waals surface area contributed by atoms with Gasteiger partial charge in [-0.25, -0.2) is 14.6 Å². The Labute approximate surface area is 171 Å². The van der Waals surface area contributed by atoms with Gasteiger partial charge in [0, 0.05) is 26.9 Å². The van der Waals surface area contributed by atoms with Crippen molar-refractivity contribution in [3.8, 4) is 0 Å². The molecule has 0 aliphatic carbocycles. The zero-order valence-corrected chi connectivity index (χ0v) is 17.6. The Kier molecular flexibility index (Phi) is 7.05. The molecule has 1 aliphatic rings. The normalized spacial score (nSPS) is 22.3. The van der Waals surface area contributed by atoms with E-state index in [1.54, 1.807) is 4.68 Å². The number of thioether (sulfide) groups is 1. The summed E-state index contributed by atoms with van der Waals surface area (Å²) in [6.45, 7) is 3.61. The highest BCUT2D eigenvalue weighted by atomic mass is 35.5. The van der Waals surface area contributed by atoms with Gasteiger partial charge in [0.15, 0.2) is 33.9 Å². The minimum absolute atomic E-state index is 0.212. The van der Waals surface area contributed by atoms with Gasteiger partial charge in [0.05, 0.1) is 6.61 Å². The lowest BCUT2D eigenvalue weighted by atomic mass is 10.1. The summed E-state index contributed by atoms with van der Waals surface area (Å²) in [4.78, 5) is 20.5. The summed E-state index contributed by atoms with van der Waals surface area (Å²) in [5.74, 6) is 0.407. The molecule has 0 aromatic carbocycles. The van der Waals surface area contributed by atoms with E-state index in [0.29, 0.717) is 16.3 Å². The number of carbonyl (C=O) groups excluding carboxylic acids is 1. The first-order valence-corrected chi connectivity index (χ1v) is 10.1. The van der Waals surface area contributed by atoms with E-state index < -0.39 is 30.5 Å². The van der Waals surface area contributed by atoms with Crippen LogP contribution in [0, 0.1) is 0 Å². The lowest BCUT2D eigenvalue weighted by Gasteiger charge is -2.26. The van der Waals surface area contributed by atoms with Crippen LogP contribution in [-0.2, 0) is 23.7 Å². The second-order valence-corrected chi connectivity index (χ2v) is 7.55. The molecule has 1 aliphatic heterocycles. The van der Waals surface area contributed by atoms with E-state index >= 15 is 0 Å². The average Bonchev–Trinajstić information content (AvgIpc) is 3.25. The number of aromatic nitrogens is 5. The standard InChI is InChI=1S/C16H22ClN5O5S/c1-5-6-28-16-18-13(17)10-14(19-16)22(21-20-10)9-7-26-12(15(24-3)25-4)11(9)27-8(2)23/h9,11-12,15H,5-7H2,1-4H3/t9-,11+,12+/m0/s1. The van der Waals surface area contributed by atoms with Crippen LogP contribution in [0.4, 0.5) is 0 Å². The topological polar surface area (TPSA) is 110 Å². The lowest BCUT2D eigenvalue weighted by Crippen LogP contribution is -2.42. The third kappa shape index (κ3) is 4.23. The van der Waals surface area contributed by atoms with Crippen LogP contribution in [0.1, 0.15) is 26.3 Å². The molecule has 2 aromatic rings. The van der Waals surface area contributed by atoms with E-state index in [1.165, 1.54) is 32.9 Å². The van der Waals surface area contributed by atoms with E-state index in [1.807, 2.05) is 0 Å². The Balaban J connectivity index is 1.99. The van der Waals surface area contributed by atoms with Gasteiger partial charge in [0.25, 0.3) is 0 Å². The molecule has 0 spiro atoms. The summed E-state index contributed by atoms with van der Waals surface area (Å²) in [5.41, 5.74) is 0.832. The average molecular weight is 432 g/mol. The SMILES string of the molecule is CCCSc1nc(Cl)c2nnn([C@H]3CO[C@@H](C(OC)OC)[C@@H]3OC(C)=O)c2n1. The zero-order chi connectivity index (χ0) is 20.3. The molecule has 2 aromatic heterocycles. The van der Waals surface area contributed by atoms with Crippen molar-refractivity contribution in [3.63, 3.8) is 0 Å². The van der Waals surface area contributed by atoms with Crippen molar-refractivity contribution in [1.82, 2.24) is 25.0 Å². The quantitative estimate of drug-likeness (QED) is 0.202. The van der Waals surface area contributed by atoms with Crippen LogP contribution in [0.3, 0.4) is 0 Å². The highest BCUT2D eigenvalue weighted by Gasteiger charge is 2.47. The summed E-state index contributed by atoms with van der Waals surface area (Å²) < 4.78 is 23.5. The molecule has 0 radical (unpaired) electrons. The summed E-state index contributed by atoms with van der Waals surface area (Å²) in [6, 6.07) is -0.471. The predicted molar refractivity (Wildman–Crippen MR) is 101 cm³/mol. The number of fused-ring (bicyclic) bond motifs is 1. The van der Waals surface area contributed by atoms with E-state index in [0.717, 1.165) is 12.2 Å². The molecular formula is C16H22ClN5O5S. The van der Waals surface area contributed by atoms with E-state index in [2.05, 4.69) is 27.2 Å². The number of methoxy groups -OCH3 is 2. The number of hydrogen-bond acceptors (Lipinski definition) is 10. The highest BCUT2D eigenvalue weighted by molar-refractivity contribution is 7.99. The van der Waals surface area contributed by atoms with Crippen LogP contribution in [0.15, 0.2) is 5.16 Å². The van der Waals surface area contributed by atoms with Gasteiger partial charge in [0.2, 0.25) is 0 Å². The molecule has 0 bridgehead atoms. The van der Waals surface area contributed by atoms with Gasteiger partial charge in [-0.3, -0.25) is 4.79 Å². The zero-order valence-electron chi connectivity index (χ0n) is 16.0. The lowest BCUT2D eigenvalue weighted by molar-refractivity contribution is -0.194. The van der Waals surface area contributed by atoms with Crippen LogP contribution in [0.5, 0.6) is 0 Å². The van der Waals surface area contributed by atoms with Gasteiger partial charge in [-0.2, -0.15) is 0 Å². The monoisotopic (exact) mass is 431 g/mol. The molecule has 0 unspecified atom stereocenters. The second-order valence-electron chi connectivity index (χ2n) is 6.13. The Morgan fingerprint density at radius 3 is 2.79 bits per heavy atom. The molecule has 3 rings (SSSR count). The summed E-state index contributed by atoms with van der Waals surface area (Å²) in [7, 11) is 2.98. The predicted octanol–water partition coefficient (Wildman–Crippen LogP) is 1.87. The molecule has 10 nitrogen and oxygen atoms in total. The van der Waals surface area contributed by atoms with E-state index in [9.17, 15) is 4.79 Å². The molecule has 1 saturated heterocycles. The Morgan fingerprint density at radius 2 is 2.14 bits per heavy atom. The van der Waals surface area contributed by atoms with E-state index in [-0.39, 0.29) is 11.8 Å². The number of nitrogens with zero attached hydrogens (tertiary/aromatic N) is 5. The van der Waals surface area contributed by atoms with Crippen LogP contribution in [0.25, 0.3) is 11.2 Å². The Morgan fingerprint density at radius 1 is 1.39 bits per heavy atom. The minimum atomic E-state index is -0.710. The van der Waals surface area contributed by atoms with Gasteiger partial charge < -0.3 is 18.9 Å². The van der Waals surface area contributed by atoms with Gasteiger partial charge in [-0.05, 0) is 6.42 Å². The molecule has 3 heterocycles. The second kappa shape index (κ2) is 9.31. The maximum absolute atomic E-state index is 11.7. The third-order valence-corrected chi connectivity index (χ3v) is 5.52. The number of esters is 1. The number of halogens is 1. The van der Waals surface area contributed by atoms with Crippen LogP contribution < -0.4 is 0 Å². The molecule has 154 valence electrons. The Bertz CT molecular complexity index is 833. The largest absolute Gasteiger partial charge is 0.457 e. The fourth-order valence-corrected chi connectivity index (χ4v) is 3.97. The fourth-order valence-electron chi connectivity index (χ4n) is 3.02. The molecule has 0 amide bonds. The van der Waals surface area contributed by atoms with Crippen molar-refractivity contribution in [3.05, 3.63) is 5.15 Å². The molecule has 28 heavy (non-hydrogen) atoms. The summed E-state index contributed by atoms with van der Waals surface area (Å²) in [5, 5.41) is 9.04. The van der Waals surface area contributed by atoms with Crippen molar-refractivity contribution in [2.45, 2.75) is 50.0 Å². The van der Waals surface area contributed by atoms with Gasteiger partial charge in [0.1, 0.15) is 12.1 Å². The van der Waals surface area contributed by atoms with Gasteiger partial charge in [-0.15, -0.1) is 5.10 Å². The van der Waals surface area contributed by atoms with Gasteiger partial charge >= 0.3 is 5.97 Å². The minimum Gasteiger partial charge on any atom is -0.457 e. The molecule has 0 saturated carbocycles. The summed E-state index contributed by atoms with van der Waals surface area (Å²) >= 11 is 7.77. The highest BCUT2D eigenvalue weighted by Crippen LogP contribution is 2.33. The first kappa shape index (κ1) is 21.2. The van der Waals surface area contributed by atoms with Crippen molar-refractivity contribution >= 4 is 40.5 Å². The molecule has 3 atom stereocenters. The van der Waals surface area contributed by atoms with Crippen molar-refractivity contribution in [2.75, 3.05) is 26.6 Å². The smallest absolute Gasteiger partial charge is 0.303 e. The van der Waals surface area contributed by atoms with Crippen molar-refractivity contribution in [1.29, 1.82) is 0 Å². The summed E-state index contributed by atoms with van der Waals surface area (Å²) in [6.07, 6.45) is -1.07. The fraction of sp³-hybridized carbons (Fsp3) is 0.688. The molecule has 0 N–H and O–H groups in total. The maximum Gasteiger partial charge on any atom is 0.303 e. The number of carbonyl (C=O) groups is 1. The number of ether oxygens (including phenoxy) is 4.